The second kappa shape index (κ2) is 6.47. The van der Waals surface area contributed by atoms with Gasteiger partial charge in [0.1, 0.15) is 5.82 Å². The molecular weight excluding hydrogens is 261 g/mol. The van der Waals surface area contributed by atoms with E-state index in [9.17, 15) is 14.0 Å². The van der Waals surface area contributed by atoms with Gasteiger partial charge in [-0.3, -0.25) is 9.59 Å². The number of carbonyl (C=O) groups is 2. The third kappa shape index (κ3) is 3.77. The molecule has 1 fully saturated rings. The minimum atomic E-state index is -0.419. The van der Waals surface area contributed by atoms with Gasteiger partial charge in [0, 0.05) is 11.6 Å². The molecule has 0 saturated carbocycles. The Bertz CT molecular complexity index is 503. The van der Waals surface area contributed by atoms with Gasteiger partial charge in [0.2, 0.25) is 11.8 Å². The van der Waals surface area contributed by atoms with Crippen molar-refractivity contribution in [1.82, 2.24) is 10.6 Å². The van der Waals surface area contributed by atoms with Gasteiger partial charge in [-0.05, 0) is 37.2 Å². The van der Waals surface area contributed by atoms with Crippen LogP contribution in [-0.2, 0) is 9.59 Å². The SMILES string of the molecule is CC(C(=O)NCC(=O)Nc1cccc(F)c1)C1CNC1. The normalized spacial score (nSPS) is 16.1. The molecule has 2 rings (SSSR count). The minimum Gasteiger partial charge on any atom is -0.347 e. The van der Waals surface area contributed by atoms with E-state index in [1.807, 2.05) is 6.92 Å². The van der Waals surface area contributed by atoms with Crippen molar-refractivity contribution in [2.24, 2.45) is 11.8 Å². The summed E-state index contributed by atoms with van der Waals surface area (Å²) in [7, 11) is 0. The summed E-state index contributed by atoms with van der Waals surface area (Å²) < 4.78 is 12.9. The maximum Gasteiger partial charge on any atom is 0.243 e. The number of hydrogen-bond donors (Lipinski definition) is 3. The van der Waals surface area contributed by atoms with E-state index in [4.69, 9.17) is 0 Å². The molecule has 0 aliphatic carbocycles. The second-order valence-electron chi connectivity index (χ2n) is 4.98. The summed E-state index contributed by atoms with van der Waals surface area (Å²) in [6.45, 7) is 3.42. The average molecular weight is 279 g/mol. The number of rotatable bonds is 5. The van der Waals surface area contributed by atoms with Gasteiger partial charge in [-0.15, -0.1) is 0 Å². The second-order valence-corrected chi connectivity index (χ2v) is 4.98. The third-order valence-electron chi connectivity index (χ3n) is 3.47. The van der Waals surface area contributed by atoms with Crippen molar-refractivity contribution in [3.63, 3.8) is 0 Å². The highest BCUT2D eigenvalue weighted by molar-refractivity contribution is 5.94. The highest BCUT2D eigenvalue weighted by atomic mass is 19.1. The highest BCUT2D eigenvalue weighted by Gasteiger charge is 2.28. The fourth-order valence-electron chi connectivity index (χ4n) is 1.98. The zero-order chi connectivity index (χ0) is 14.5. The smallest absolute Gasteiger partial charge is 0.243 e. The van der Waals surface area contributed by atoms with Crippen LogP contribution in [0.4, 0.5) is 10.1 Å². The molecule has 20 heavy (non-hydrogen) atoms. The average Bonchev–Trinajstić information content (AvgIpc) is 2.33. The molecule has 5 nitrogen and oxygen atoms in total. The predicted octanol–water partition coefficient (Wildman–Crippen LogP) is 0.736. The van der Waals surface area contributed by atoms with E-state index in [-0.39, 0.29) is 24.3 Å². The van der Waals surface area contributed by atoms with Crippen LogP contribution in [0.1, 0.15) is 6.92 Å². The summed E-state index contributed by atoms with van der Waals surface area (Å²) in [5.74, 6) is -0.703. The van der Waals surface area contributed by atoms with E-state index in [1.165, 1.54) is 18.2 Å². The zero-order valence-electron chi connectivity index (χ0n) is 11.3. The number of amides is 2. The number of carbonyl (C=O) groups excluding carboxylic acids is 2. The van der Waals surface area contributed by atoms with Gasteiger partial charge in [-0.1, -0.05) is 13.0 Å². The Kier molecular flexibility index (Phi) is 4.68. The van der Waals surface area contributed by atoms with E-state index in [0.29, 0.717) is 11.6 Å². The fourth-order valence-corrected chi connectivity index (χ4v) is 1.98. The lowest BCUT2D eigenvalue weighted by molar-refractivity contribution is -0.128. The highest BCUT2D eigenvalue weighted by Crippen LogP contribution is 2.15. The maximum absolute atomic E-state index is 12.9. The molecule has 1 aromatic rings. The van der Waals surface area contributed by atoms with Gasteiger partial charge in [-0.25, -0.2) is 4.39 Å². The summed E-state index contributed by atoms with van der Waals surface area (Å²) in [5, 5.41) is 8.23. The maximum atomic E-state index is 12.9. The third-order valence-corrected chi connectivity index (χ3v) is 3.47. The van der Waals surface area contributed by atoms with Crippen molar-refractivity contribution in [2.45, 2.75) is 6.92 Å². The first-order valence-electron chi connectivity index (χ1n) is 6.60. The zero-order valence-corrected chi connectivity index (χ0v) is 11.3. The number of anilines is 1. The molecule has 2 amide bonds. The van der Waals surface area contributed by atoms with Crippen LogP contribution < -0.4 is 16.0 Å². The van der Waals surface area contributed by atoms with Crippen LogP contribution in [0.2, 0.25) is 0 Å². The largest absolute Gasteiger partial charge is 0.347 e. The van der Waals surface area contributed by atoms with Crippen LogP contribution in [0.25, 0.3) is 0 Å². The minimum absolute atomic E-state index is 0.111. The van der Waals surface area contributed by atoms with Gasteiger partial charge < -0.3 is 16.0 Å². The van der Waals surface area contributed by atoms with Gasteiger partial charge in [0.25, 0.3) is 0 Å². The van der Waals surface area contributed by atoms with Crippen LogP contribution in [0, 0.1) is 17.7 Å². The molecular formula is C14H18FN3O2. The van der Waals surface area contributed by atoms with E-state index in [0.717, 1.165) is 13.1 Å². The molecule has 1 saturated heterocycles. The lowest BCUT2D eigenvalue weighted by Gasteiger charge is -2.31. The summed E-state index contributed by atoms with van der Waals surface area (Å²) in [6.07, 6.45) is 0. The molecule has 0 bridgehead atoms. The van der Waals surface area contributed by atoms with E-state index >= 15 is 0 Å². The Labute approximate surface area is 116 Å². The van der Waals surface area contributed by atoms with E-state index in [1.54, 1.807) is 6.07 Å². The van der Waals surface area contributed by atoms with E-state index in [2.05, 4.69) is 16.0 Å². The molecule has 0 radical (unpaired) electrons. The van der Waals surface area contributed by atoms with Crippen LogP contribution in [0.5, 0.6) is 0 Å². The number of halogens is 1. The molecule has 0 spiro atoms. The van der Waals surface area contributed by atoms with Gasteiger partial charge in [-0.2, -0.15) is 0 Å². The molecule has 1 atom stereocenters. The van der Waals surface area contributed by atoms with Crippen LogP contribution in [0.15, 0.2) is 24.3 Å². The Hall–Kier alpha value is -1.95. The van der Waals surface area contributed by atoms with Crippen LogP contribution in [-0.4, -0.2) is 31.4 Å². The van der Waals surface area contributed by atoms with Crippen LogP contribution >= 0.6 is 0 Å². The molecule has 0 aromatic heterocycles. The van der Waals surface area contributed by atoms with Gasteiger partial charge in [0.05, 0.1) is 6.54 Å². The quantitative estimate of drug-likeness (QED) is 0.744. The molecule has 1 aliphatic rings. The predicted molar refractivity (Wildman–Crippen MR) is 73.6 cm³/mol. The first-order chi connectivity index (χ1) is 9.56. The van der Waals surface area contributed by atoms with Crippen molar-refractivity contribution < 1.29 is 14.0 Å². The summed E-state index contributed by atoms with van der Waals surface area (Å²) in [4.78, 5) is 23.5. The molecule has 1 heterocycles. The number of nitrogens with one attached hydrogen (secondary N) is 3. The lowest BCUT2D eigenvalue weighted by atomic mass is 9.88. The van der Waals surface area contributed by atoms with Gasteiger partial charge in [0.15, 0.2) is 0 Å². The van der Waals surface area contributed by atoms with Crippen LogP contribution in [0.3, 0.4) is 0 Å². The Morgan fingerprint density at radius 1 is 1.45 bits per heavy atom. The number of hydrogen-bond acceptors (Lipinski definition) is 3. The van der Waals surface area contributed by atoms with Crippen molar-refractivity contribution in [3.05, 3.63) is 30.1 Å². The Morgan fingerprint density at radius 3 is 2.80 bits per heavy atom. The molecule has 3 N–H and O–H groups in total. The first kappa shape index (κ1) is 14.5. The standard InChI is InChI=1S/C14H18FN3O2/c1-9(10-6-16-7-10)14(20)17-8-13(19)18-12-4-2-3-11(15)5-12/h2-5,9-10,16H,6-8H2,1H3,(H,17,20)(H,18,19). The molecule has 6 heteroatoms. The molecule has 1 aliphatic heterocycles. The topological polar surface area (TPSA) is 70.2 Å². The van der Waals surface area contributed by atoms with Crippen molar-refractivity contribution in [1.29, 1.82) is 0 Å². The molecule has 1 unspecified atom stereocenters. The van der Waals surface area contributed by atoms with Crippen molar-refractivity contribution >= 4 is 17.5 Å². The Balaban J connectivity index is 1.75. The molecule has 1 aromatic carbocycles. The summed E-state index contributed by atoms with van der Waals surface area (Å²) in [6, 6.07) is 5.62. The molecule has 108 valence electrons. The monoisotopic (exact) mass is 279 g/mol. The Morgan fingerprint density at radius 2 is 2.20 bits per heavy atom. The number of benzene rings is 1. The summed E-state index contributed by atoms with van der Waals surface area (Å²) in [5.41, 5.74) is 0.375. The van der Waals surface area contributed by atoms with Crippen molar-refractivity contribution in [3.8, 4) is 0 Å². The lowest BCUT2D eigenvalue weighted by Crippen LogP contribution is -2.50. The summed E-state index contributed by atoms with van der Waals surface area (Å²) >= 11 is 0. The van der Waals surface area contributed by atoms with E-state index < -0.39 is 5.82 Å². The van der Waals surface area contributed by atoms with Gasteiger partial charge >= 0.3 is 0 Å². The fraction of sp³-hybridized carbons (Fsp3) is 0.429. The van der Waals surface area contributed by atoms with Crippen molar-refractivity contribution in [2.75, 3.05) is 25.0 Å². The first-order valence-corrected chi connectivity index (χ1v) is 6.60.